The molecule has 0 radical (unpaired) electrons. The Balaban J connectivity index is 1.43. The SMILES string of the molecule is Cc1cccc(-c2ncc(CNCCNC(=O)c3ccccc3Cl)cn2)c1. The van der Waals surface area contributed by atoms with Gasteiger partial charge in [0.05, 0.1) is 10.6 Å². The van der Waals surface area contributed by atoms with Crippen molar-refractivity contribution in [3.05, 3.63) is 82.6 Å². The van der Waals surface area contributed by atoms with Gasteiger partial charge in [-0.25, -0.2) is 9.97 Å². The van der Waals surface area contributed by atoms with Crippen molar-refractivity contribution in [2.24, 2.45) is 0 Å². The van der Waals surface area contributed by atoms with E-state index < -0.39 is 0 Å². The summed E-state index contributed by atoms with van der Waals surface area (Å²) in [5, 5.41) is 6.56. The summed E-state index contributed by atoms with van der Waals surface area (Å²) in [4.78, 5) is 20.9. The summed E-state index contributed by atoms with van der Waals surface area (Å²) in [6.45, 7) is 3.82. The molecule has 3 rings (SSSR count). The highest BCUT2D eigenvalue weighted by atomic mass is 35.5. The second-order valence-corrected chi connectivity index (χ2v) is 6.60. The molecule has 2 N–H and O–H groups in total. The Morgan fingerprint density at radius 2 is 1.81 bits per heavy atom. The van der Waals surface area contributed by atoms with Gasteiger partial charge in [-0.3, -0.25) is 4.79 Å². The Kier molecular flexibility index (Phi) is 6.52. The van der Waals surface area contributed by atoms with Crippen LogP contribution in [0.4, 0.5) is 0 Å². The fraction of sp³-hybridized carbons (Fsp3) is 0.190. The van der Waals surface area contributed by atoms with Crippen molar-refractivity contribution in [3.63, 3.8) is 0 Å². The number of nitrogens with one attached hydrogen (secondary N) is 2. The van der Waals surface area contributed by atoms with Gasteiger partial charge < -0.3 is 10.6 Å². The number of benzene rings is 2. The topological polar surface area (TPSA) is 66.9 Å². The van der Waals surface area contributed by atoms with Gasteiger partial charge in [-0.05, 0) is 25.1 Å². The molecule has 0 unspecified atom stereocenters. The summed E-state index contributed by atoms with van der Waals surface area (Å²) < 4.78 is 0. The van der Waals surface area contributed by atoms with Crippen LogP contribution in [0.15, 0.2) is 60.9 Å². The molecule has 6 heteroatoms. The highest BCUT2D eigenvalue weighted by Gasteiger charge is 2.08. The molecule has 0 fully saturated rings. The zero-order valence-electron chi connectivity index (χ0n) is 15.1. The van der Waals surface area contributed by atoms with Crippen molar-refractivity contribution in [2.45, 2.75) is 13.5 Å². The molecule has 1 heterocycles. The van der Waals surface area contributed by atoms with Crippen LogP contribution in [0.5, 0.6) is 0 Å². The average Bonchev–Trinajstić information content (AvgIpc) is 2.68. The lowest BCUT2D eigenvalue weighted by molar-refractivity contribution is 0.0954. The highest BCUT2D eigenvalue weighted by molar-refractivity contribution is 6.33. The van der Waals surface area contributed by atoms with Crippen molar-refractivity contribution < 1.29 is 4.79 Å². The first kappa shape index (κ1) is 19.0. The van der Waals surface area contributed by atoms with Crippen molar-refractivity contribution in [1.82, 2.24) is 20.6 Å². The Labute approximate surface area is 163 Å². The van der Waals surface area contributed by atoms with E-state index in [0.29, 0.717) is 30.2 Å². The van der Waals surface area contributed by atoms with E-state index in [-0.39, 0.29) is 5.91 Å². The van der Waals surface area contributed by atoms with Gasteiger partial charge in [0.2, 0.25) is 0 Å². The second kappa shape index (κ2) is 9.26. The number of rotatable bonds is 7. The standard InChI is InChI=1S/C21H21ClN4O/c1-15-5-4-6-17(11-15)20-25-13-16(14-26-20)12-23-9-10-24-21(27)18-7-2-3-8-19(18)22/h2-8,11,13-14,23H,9-10,12H2,1H3,(H,24,27). The normalized spacial score (nSPS) is 10.6. The lowest BCUT2D eigenvalue weighted by Gasteiger charge is -2.08. The van der Waals surface area contributed by atoms with Gasteiger partial charge in [-0.1, -0.05) is 47.5 Å². The summed E-state index contributed by atoms with van der Waals surface area (Å²) in [5.41, 5.74) is 3.67. The van der Waals surface area contributed by atoms with Crippen molar-refractivity contribution in [3.8, 4) is 11.4 Å². The smallest absolute Gasteiger partial charge is 0.252 e. The summed E-state index contributed by atoms with van der Waals surface area (Å²) in [6, 6.07) is 15.1. The maximum atomic E-state index is 12.1. The predicted octanol–water partition coefficient (Wildman–Crippen LogP) is 3.63. The van der Waals surface area contributed by atoms with Crippen LogP contribution in [-0.2, 0) is 6.54 Å². The van der Waals surface area contributed by atoms with Gasteiger partial charge >= 0.3 is 0 Å². The number of aryl methyl sites for hydroxylation is 1. The van der Waals surface area contributed by atoms with E-state index in [9.17, 15) is 4.79 Å². The summed E-state index contributed by atoms with van der Waals surface area (Å²) in [7, 11) is 0. The Morgan fingerprint density at radius 1 is 1.04 bits per heavy atom. The van der Waals surface area contributed by atoms with Gasteiger partial charge in [0.1, 0.15) is 0 Å². The van der Waals surface area contributed by atoms with E-state index in [0.717, 1.165) is 17.0 Å². The van der Waals surface area contributed by atoms with Gasteiger partial charge in [-0.2, -0.15) is 0 Å². The maximum absolute atomic E-state index is 12.1. The molecule has 1 amide bonds. The number of nitrogens with zero attached hydrogens (tertiary/aromatic N) is 2. The minimum Gasteiger partial charge on any atom is -0.351 e. The van der Waals surface area contributed by atoms with Crippen LogP contribution >= 0.6 is 11.6 Å². The van der Waals surface area contributed by atoms with E-state index in [1.54, 1.807) is 24.3 Å². The molecule has 5 nitrogen and oxygen atoms in total. The molecular formula is C21H21ClN4O. The van der Waals surface area contributed by atoms with Gasteiger partial charge in [0, 0.05) is 43.2 Å². The van der Waals surface area contributed by atoms with E-state index in [1.165, 1.54) is 5.56 Å². The second-order valence-electron chi connectivity index (χ2n) is 6.20. The highest BCUT2D eigenvalue weighted by Crippen LogP contribution is 2.16. The minimum absolute atomic E-state index is 0.173. The van der Waals surface area contributed by atoms with E-state index >= 15 is 0 Å². The van der Waals surface area contributed by atoms with Gasteiger partial charge in [0.25, 0.3) is 5.91 Å². The van der Waals surface area contributed by atoms with E-state index in [4.69, 9.17) is 11.6 Å². The molecule has 2 aromatic carbocycles. The Hall–Kier alpha value is -2.76. The number of aromatic nitrogens is 2. The van der Waals surface area contributed by atoms with Crippen LogP contribution in [0.25, 0.3) is 11.4 Å². The maximum Gasteiger partial charge on any atom is 0.252 e. The molecule has 1 aromatic heterocycles. The fourth-order valence-corrected chi connectivity index (χ4v) is 2.84. The molecule has 0 bridgehead atoms. The monoisotopic (exact) mass is 380 g/mol. The number of hydrogen-bond acceptors (Lipinski definition) is 4. The van der Waals surface area contributed by atoms with Crippen molar-refractivity contribution in [2.75, 3.05) is 13.1 Å². The molecule has 0 aliphatic heterocycles. The quantitative estimate of drug-likeness (QED) is 0.614. The largest absolute Gasteiger partial charge is 0.351 e. The lowest BCUT2D eigenvalue weighted by Crippen LogP contribution is -2.31. The molecule has 0 aliphatic carbocycles. The van der Waals surface area contributed by atoms with Crippen LogP contribution in [0, 0.1) is 6.92 Å². The van der Waals surface area contributed by atoms with Crippen molar-refractivity contribution >= 4 is 17.5 Å². The number of amides is 1. The first-order valence-corrected chi connectivity index (χ1v) is 9.12. The molecule has 0 saturated heterocycles. The average molecular weight is 381 g/mol. The molecule has 0 spiro atoms. The van der Waals surface area contributed by atoms with Crippen LogP contribution in [0.2, 0.25) is 5.02 Å². The Bertz CT molecular complexity index is 912. The molecule has 3 aromatic rings. The van der Waals surface area contributed by atoms with Crippen LogP contribution in [-0.4, -0.2) is 29.0 Å². The molecule has 0 atom stereocenters. The molecular weight excluding hydrogens is 360 g/mol. The zero-order chi connectivity index (χ0) is 19.1. The van der Waals surface area contributed by atoms with Gasteiger partial charge in [-0.15, -0.1) is 0 Å². The summed E-state index contributed by atoms with van der Waals surface area (Å²) in [5.74, 6) is 0.544. The van der Waals surface area contributed by atoms with Crippen molar-refractivity contribution in [1.29, 1.82) is 0 Å². The predicted molar refractivity (Wildman–Crippen MR) is 108 cm³/mol. The van der Waals surface area contributed by atoms with E-state index in [2.05, 4.69) is 26.7 Å². The molecule has 0 saturated carbocycles. The summed E-state index contributed by atoms with van der Waals surface area (Å²) >= 11 is 6.01. The molecule has 138 valence electrons. The number of halogens is 1. The number of carbonyl (C=O) groups excluding carboxylic acids is 1. The minimum atomic E-state index is -0.173. The van der Waals surface area contributed by atoms with Crippen LogP contribution in [0.1, 0.15) is 21.5 Å². The zero-order valence-corrected chi connectivity index (χ0v) is 15.8. The third-order valence-corrected chi connectivity index (χ3v) is 4.35. The fourth-order valence-electron chi connectivity index (χ4n) is 2.62. The lowest BCUT2D eigenvalue weighted by atomic mass is 10.1. The summed E-state index contributed by atoms with van der Waals surface area (Å²) in [6.07, 6.45) is 3.64. The third-order valence-electron chi connectivity index (χ3n) is 4.02. The van der Waals surface area contributed by atoms with Crippen LogP contribution in [0.3, 0.4) is 0 Å². The number of hydrogen-bond donors (Lipinski definition) is 2. The Morgan fingerprint density at radius 3 is 2.56 bits per heavy atom. The van der Waals surface area contributed by atoms with Crippen LogP contribution < -0.4 is 10.6 Å². The number of carbonyl (C=O) groups is 1. The molecule has 0 aliphatic rings. The third kappa shape index (κ3) is 5.36. The van der Waals surface area contributed by atoms with E-state index in [1.807, 2.05) is 37.5 Å². The van der Waals surface area contributed by atoms with Gasteiger partial charge in [0.15, 0.2) is 5.82 Å². The molecule has 27 heavy (non-hydrogen) atoms. The first-order chi connectivity index (χ1) is 13.1. The first-order valence-electron chi connectivity index (χ1n) is 8.75.